The van der Waals surface area contributed by atoms with Crippen molar-refractivity contribution >= 4 is 21.7 Å². The first-order valence-corrected chi connectivity index (χ1v) is 6.88. The van der Waals surface area contributed by atoms with E-state index < -0.39 is 5.60 Å². The van der Waals surface area contributed by atoms with Crippen molar-refractivity contribution in [2.24, 2.45) is 0 Å². The fraction of sp³-hybridized carbons (Fsp3) is 0.357. The number of nitrogens with zero attached hydrogens (tertiary/aromatic N) is 2. The first-order valence-electron chi connectivity index (χ1n) is 6.08. The lowest BCUT2D eigenvalue weighted by Crippen LogP contribution is -2.22. The van der Waals surface area contributed by atoms with E-state index in [1.165, 1.54) is 0 Å². The number of aliphatic hydroxyl groups is 1. The molecular weight excluding hydrogens is 306 g/mol. The van der Waals surface area contributed by atoms with E-state index in [1.807, 2.05) is 31.5 Å². The van der Waals surface area contributed by atoms with Crippen LogP contribution in [0, 0.1) is 0 Å². The van der Waals surface area contributed by atoms with Crippen LogP contribution in [0.1, 0.15) is 19.4 Å². The Hall–Kier alpha value is -1.33. The first-order chi connectivity index (χ1) is 8.84. The Morgan fingerprint density at radius 1 is 1.42 bits per heavy atom. The van der Waals surface area contributed by atoms with Crippen molar-refractivity contribution in [3.8, 4) is 0 Å². The standard InChI is InChI=1S/C14H18BrN3O/c1-14(2,19)10-4-5-13(16-7-10)17-12-6-11(15)8-18(3)9-12/h4-8,19H,9H2,1-3H3,(H,16,17). The topological polar surface area (TPSA) is 48.4 Å². The third kappa shape index (κ3) is 3.81. The normalized spacial score (nSPS) is 15.9. The van der Waals surface area contributed by atoms with Crippen molar-refractivity contribution in [1.29, 1.82) is 0 Å². The Labute approximate surface area is 122 Å². The number of nitrogens with one attached hydrogen (secondary N) is 1. The Morgan fingerprint density at radius 2 is 2.16 bits per heavy atom. The Morgan fingerprint density at radius 3 is 2.68 bits per heavy atom. The lowest BCUT2D eigenvalue weighted by Gasteiger charge is -2.22. The summed E-state index contributed by atoms with van der Waals surface area (Å²) in [5.41, 5.74) is 1.01. The fourth-order valence-electron chi connectivity index (χ4n) is 1.84. The molecule has 0 fully saturated rings. The molecule has 0 aromatic carbocycles. The highest BCUT2D eigenvalue weighted by Gasteiger charge is 2.16. The average Bonchev–Trinajstić information content (AvgIpc) is 2.26. The van der Waals surface area contributed by atoms with Gasteiger partial charge in [0.1, 0.15) is 5.82 Å². The number of likely N-dealkylation sites (N-methyl/N-ethyl adjacent to an activating group) is 1. The molecule has 0 aliphatic carbocycles. The van der Waals surface area contributed by atoms with Gasteiger partial charge in [-0.25, -0.2) is 4.98 Å². The van der Waals surface area contributed by atoms with Crippen LogP contribution < -0.4 is 5.32 Å². The molecule has 1 aromatic rings. The zero-order chi connectivity index (χ0) is 14.0. The fourth-order valence-corrected chi connectivity index (χ4v) is 2.47. The molecule has 1 aliphatic rings. The summed E-state index contributed by atoms with van der Waals surface area (Å²) in [5.74, 6) is 0.773. The second-order valence-electron chi connectivity index (χ2n) is 5.21. The largest absolute Gasteiger partial charge is 0.386 e. The molecule has 4 nitrogen and oxygen atoms in total. The summed E-state index contributed by atoms with van der Waals surface area (Å²) >= 11 is 3.47. The van der Waals surface area contributed by atoms with Gasteiger partial charge in [0.2, 0.25) is 0 Å². The molecule has 2 heterocycles. The molecular formula is C14H18BrN3O. The van der Waals surface area contributed by atoms with E-state index in [9.17, 15) is 5.11 Å². The average molecular weight is 324 g/mol. The predicted molar refractivity (Wildman–Crippen MR) is 80.8 cm³/mol. The van der Waals surface area contributed by atoms with Crippen LogP contribution in [0.5, 0.6) is 0 Å². The highest BCUT2D eigenvalue weighted by atomic mass is 79.9. The van der Waals surface area contributed by atoms with Crippen LogP contribution in [0.3, 0.4) is 0 Å². The van der Waals surface area contributed by atoms with E-state index in [1.54, 1.807) is 20.0 Å². The molecule has 0 unspecified atom stereocenters. The first kappa shape index (κ1) is 14.1. The van der Waals surface area contributed by atoms with E-state index in [2.05, 4.69) is 31.1 Å². The van der Waals surface area contributed by atoms with Crippen molar-refractivity contribution in [3.05, 3.63) is 46.3 Å². The monoisotopic (exact) mass is 323 g/mol. The minimum absolute atomic E-state index is 0.773. The number of rotatable bonds is 3. The number of anilines is 1. The van der Waals surface area contributed by atoms with Crippen molar-refractivity contribution in [2.45, 2.75) is 19.4 Å². The molecule has 102 valence electrons. The third-order valence-corrected chi connectivity index (χ3v) is 3.27. The Kier molecular flexibility index (Phi) is 3.96. The number of hydrogen-bond donors (Lipinski definition) is 2. The van der Waals surface area contributed by atoms with Crippen molar-refractivity contribution < 1.29 is 5.11 Å². The lowest BCUT2D eigenvalue weighted by atomic mass is 10.0. The summed E-state index contributed by atoms with van der Waals surface area (Å²) in [6.45, 7) is 4.30. The van der Waals surface area contributed by atoms with E-state index in [0.29, 0.717) is 0 Å². The second-order valence-corrected chi connectivity index (χ2v) is 6.13. The Bertz CT molecular complexity index is 514. The molecule has 5 heteroatoms. The number of allylic oxidation sites excluding steroid dienone is 2. The molecule has 2 rings (SSSR count). The van der Waals surface area contributed by atoms with E-state index in [4.69, 9.17) is 0 Å². The van der Waals surface area contributed by atoms with Gasteiger partial charge in [-0.15, -0.1) is 0 Å². The molecule has 0 radical (unpaired) electrons. The van der Waals surface area contributed by atoms with Gasteiger partial charge >= 0.3 is 0 Å². The maximum Gasteiger partial charge on any atom is 0.130 e. The van der Waals surface area contributed by atoms with Crippen LogP contribution in [0.25, 0.3) is 0 Å². The maximum atomic E-state index is 9.88. The van der Waals surface area contributed by atoms with Crippen molar-refractivity contribution in [2.75, 3.05) is 18.9 Å². The van der Waals surface area contributed by atoms with Crippen molar-refractivity contribution in [1.82, 2.24) is 9.88 Å². The van der Waals surface area contributed by atoms with Gasteiger partial charge in [-0.1, -0.05) is 6.07 Å². The summed E-state index contributed by atoms with van der Waals surface area (Å²) < 4.78 is 1.02. The molecule has 19 heavy (non-hydrogen) atoms. The minimum Gasteiger partial charge on any atom is -0.386 e. The van der Waals surface area contributed by atoms with Gasteiger partial charge in [-0.3, -0.25) is 0 Å². The summed E-state index contributed by atoms with van der Waals surface area (Å²) in [6.07, 6.45) is 5.75. The van der Waals surface area contributed by atoms with Gasteiger partial charge in [-0.2, -0.15) is 0 Å². The van der Waals surface area contributed by atoms with E-state index in [-0.39, 0.29) is 0 Å². The number of aromatic nitrogens is 1. The molecule has 1 aliphatic heterocycles. The predicted octanol–water partition coefficient (Wildman–Crippen LogP) is 2.79. The van der Waals surface area contributed by atoms with Crippen molar-refractivity contribution in [3.63, 3.8) is 0 Å². The van der Waals surface area contributed by atoms with Gasteiger partial charge < -0.3 is 15.3 Å². The summed E-state index contributed by atoms with van der Waals surface area (Å²) in [7, 11) is 2.01. The molecule has 0 spiro atoms. The molecule has 0 bridgehead atoms. The van der Waals surface area contributed by atoms with Crippen LogP contribution in [-0.2, 0) is 5.60 Å². The second kappa shape index (κ2) is 5.35. The number of hydrogen-bond acceptors (Lipinski definition) is 4. The minimum atomic E-state index is -0.860. The highest BCUT2D eigenvalue weighted by Crippen LogP contribution is 2.21. The Balaban J connectivity index is 2.11. The van der Waals surface area contributed by atoms with Gasteiger partial charge in [0, 0.05) is 35.2 Å². The van der Waals surface area contributed by atoms with Crippen LogP contribution in [0.4, 0.5) is 5.82 Å². The zero-order valence-corrected chi connectivity index (χ0v) is 12.9. The quantitative estimate of drug-likeness (QED) is 0.898. The molecule has 2 N–H and O–H groups in total. The SMILES string of the molecule is CN1C=C(Br)C=C(Nc2ccc(C(C)(C)O)cn2)C1. The molecule has 0 atom stereocenters. The van der Waals surface area contributed by atoms with Gasteiger partial charge in [0.15, 0.2) is 0 Å². The van der Waals surface area contributed by atoms with Crippen LogP contribution in [-0.4, -0.2) is 28.6 Å². The van der Waals surface area contributed by atoms with Crippen LogP contribution in [0.2, 0.25) is 0 Å². The molecule has 1 aromatic heterocycles. The molecule has 0 saturated carbocycles. The smallest absolute Gasteiger partial charge is 0.130 e. The third-order valence-electron chi connectivity index (χ3n) is 2.83. The van der Waals surface area contributed by atoms with Gasteiger partial charge in [0.25, 0.3) is 0 Å². The van der Waals surface area contributed by atoms with Gasteiger partial charge in [0.05, 0.1) is 12.1 Å². The molecule has 0 saturated heterocycles. The van der Waals surface area contributed by atoms with E-state index in [0.717, 1.165) is 28.1 Å². The summed E-state index contributed by atoms with van der Waals surface area (Å²) in [5, 5.41) is 13.2. The van der Waals surface area contributed by atoms with E-state index >= 15 is 0 Å². The number of halogens is 1. The lowest BCUT2D eigenvalue weighted by molar-refractivity contribution is 0.0782. The zero-order valence-electron chi connectivity index (χ0n) is 11.3. The van der Waals surface area contributed by atoms with Gasteiger partial charge in [-0.05, 0) is 41.9 Å². The summed E-state index contributed by atoms with van der Waals surface area (Å²) in [6, 6.07) is 3.76. The summed E-state index contributed by atoms with van der Waals surface area (Å²) in [4.78, 5) is 6.41. The highest BCUT2D eigenvalue weighted by molar-refractivity contribution is 9.11. The number of pyridine rings is 1. The molecule has 0 amide bonds. The maximum absolute atomic E-state index is 9.88. The van der Waals surface area contributed by atoms with Crippen LogP contribution >= 0.6 is 15.9 Å². The van der Waals surface area contributed by atoms with Crippen LogP contribution in [0.15, 0.2) is 40.8 Å².